The van der Waals surface area contributed by atoms with Crippen LogP contribution in [0.2, 0.25) is 0 Å². The van der Waals surface area contributed by atoms with Gasteiger partial charge in [0, 0.05) is 6.42 Å². The molecule has 1 atom stereocenters. The normalized spacial score (nSPS) is 16.6. The minimum Gasteiger partial charge on any atom is -0.468 e. The molecule has 8 heteroatoms. The first-order valence-electron chi connectivity index (χ1n) is 8.41. The Morgan fingerprint density at radius 3 is 2.46 bits per heavy atom. The van der Waals surface area contributed by atoms with E-state index in [0.29, 0.717) is 11.6 Å². The number of esters is 1. The largest absolute Gasteiger partial charge is 0.468 e. The Morgan fingerprint density at radius 2 is 1.88 bits per heavy atom. The average molecular weight is 361 g/mol. The van der Waals surface area contributed by atoms with E-state index in [1.54, 1.807) is 12.1 Å². The summed E-state index contributed by atoms with van der Waals surface area (Å²) in [6.07, 6.45) is 0.159. The number of rotatable bonds is 7. The Morgan fingerprint density at radius 1 is 1.23 bits per heavy atom. The van der Waals surface area contributed by atoms with Gasteiger partial charge in [-0.2, -0.15) is 0 Å². The number of imide groups is 1. The summed E-state index contributed by atoms with van der Waals surface area (Å²) < 4.78 is 4.42. The van der Waals surface area contributed by atoms with Gasteiger partial charge in [0.05, 0.1) is 12.8 Å². The highest BCUT2D eigenvalue weighted by Crippen LogP contribution is 2.24. The molecule has 0 aliphatic carbocycles. The number of ether oxygens (including phenoxy) is 1. The summed E-state index contributed by atoms with van der Waals surface area (Å²) in [4.78, 5) is 48.4. The van der Waals surface area contributed by atoms with Crippen molar-refractivity contribution in [3.63, 3.8) is 0 Å². The minimum atomic E-state index is -0.767. The van der Waals surface area contributed by atoms with Crippen molar-refractivity contribution in [3.8, 4) is 0 Å². The predicted molar refractivity (Wildman–Crippen MR) is 94.6 cm³/mol. The molecule has 1 saturated heterocycles. The zero-order chi connectivity index (χ0) is 19.3. The van der Waals surface area contributed by atoms with Crippen molar-refractivity contribution in [2.75, 3.05) is 18.6 Å². The number of methoxy groups -OCH3 is 1. The lowest BCUT2D eigenvalue weighted by Crippen LogP contribution is -2.34. The highest BCUT2D eigenvalue weighted by atomic mass is 16.5. The Kier molecular flexibility index (Phi) is 6.32. The third kappa shape index (κ3) is 4.59. The number of anilines is 1. The number of amides is 4. The predicted octanol–water partition coefficient (Wildman–Crippen LogP) is 1.30. The maximum atomic E-state index is 12.5. The first kappa shape index (κ1) is 19.4. The molecule has 4 amide bonds. The first-order valence-corrected chi connectivity index (χ1v) is 8.41. The molecule has 0 saturated carbocycles. The molecule has 1 unspecified atom stereocenters. The molecule has 1 aromatic carbocycles. The highest BCUT2D eigenvalue weighted by Gasteiger charge is 2.38. The fraction of sp³-hybridized carbons (Fsp3) is 0.444. The van der Waals surface area contributed by atoms with Crippen LogP contribution in [0.1, 0.15) is 38.2 Å². The van der Waals surface area contributed by atoms with Gasteiger partial charge in [0.1, 0.15) is 12.6 Å². The summed E-state index contributed by atoms with van der Waals surface area (Å²) in [5.74, 6) is -0.992. The van der Waals surface area contributed by atoms with Crippen molar-refractivity contribution in [1.82, 2.24) is 10.6 Å². The number of nitrogens with zero attached hydrogens (tertiary/aromatic N) is 1. The molecule has 2 N–H and O–H groups in total. The topological polar surface area (TPSA) is 105 Å². The van der Waals surface area contributed by atoms with Gasteiger partial charge >= 0.3 is 12.0 Å². The number of nitrogens with one attached hydrogen (secondary N) is 2. The Bertz CT molecular complexity index is 699. The third-order valence-corrected chi connectivity index (χ3v) is 4.15. The van der Waals surface area contributed by atoms with E-state index in [-0.39, 0.29) is 19.4 Å². The van der Waals surface area contributed by atoms with Crippen LogP contribution in [0.15, 0.2) is 24.3 Å². The van der Waals surface area contributed by atoms with Crippen LogP contribution in [0.4, 0.5) is 10.5 Å². The monoisotopic (exact) mass is 361 g/mol. The number of carbonyl (C=O) groups is 4. The van der Waals surface area contributed by atoms with Crippen molar-refractivity contribution in [3.05, 3.63) is 29.8 Å². The quantitative estimate of drug-likeness (QED) is 0.563. The number of benzene rings is 1. The van der Waals surface area contributed by atoms with Crippen LogP contribution in [-0.2, 0) is 19.1 Å². The summed E-state index contributed by atoms with van der Waals surface area (Å²) in [7, 11) is 1.23. The van der Waals surface area contributed by atoms with Gasteiger partial charge in [-0.1, -0.05) is 26.0 Å². The van der Waals surface area contributed by atoms with Crippen LogP contribution in [-0.4, -0.2) is 43.5 Å². The fourth-order valence-electron chi connectivity index (χ4n) is 2.59. The van der Waals surface area contributed by atoms with Crippen LogP contribution in [0, 0.1) is 0 Å². The molecule has 2 rings (SSSR count). The Labute approximate surface area is 151 Å². The Balaban J connectivity index is 1.93. The molecule has 8 nitrogen and oxygen atoms in total. The molecule has 1 heterocycles. The molecular weight excluding hydrogens is 338 g/mol. The molecule has 0 radical (unpaired) electrons. The second-order valence-corrected chi connectivity index (χ2v) is 6.31. The van der Waals surface area contributed by atoms with Gasteiger partial charge in [-0.15, -0.1) is 0 Å². The number of hydrogen-bond donors (Lipinski definition) is 2. The van der Waals surface area contributed by atoms with Gasteiger partial charge in [0.15, 0.2) is 0 Å². The smallest absolute Gasteiger partial charge is 0.329 e. The molecule has 26 heavy (non-hydrogen) atoms. The lowest BCUT2D eigenvalue weighted by molar-refractivity contribution is -0.141. The van der Waals surface area contributed by atoms with Crippen molar-refractivity contribution >= 4 is 29.5 Å². The number of carbonyl (C=O) groups excluding carboxylic acids is 4. The molecule has 0 spiro atoms. The molecule has 0 bridgehead atoms. The van der Waals surface area contributed by atoms with E-state index in [0.717, 1.165) is 10.5 Å². The zero-order valence-corrected chi connectivity index (χ0v) is 15.1. The van der Waals surface area contributed by atoms with Gasteiger partial charge in [0.2, 0.25) is 5.91 Å². The van der Waals surface area contributed by atoms with Crippen LogP contribution in [0.3, 0.4) is 0 Å². The van der Waals surface area contributed by atoms with Gasteiger partial charge < -0.3 is 15.4 Å². The second kappa shape index (κ2) is 8.46. The zero-order valence-electron chi connectivity index (χ0n) is 15.1. The molecule has 1 fully saturated rings. The van der Waals surface area contributed by atoms with Crippen molar-refractivity contribution in [2.24, 2.45) is 0 Å². The van der Waals surface area contributed by atoms with Gasteiger partial charge in [0.25, 0.3) is 5.91 Å². The van der Waals surface area contributed by atoms with Crippen LogP contribution in [0.25, 0.3) is 0 Å². The summed E-state index contributed by atoms with van der Waals surface area (Å²) in [6.45, 7) is 3.89. The molecule has 0 aromatic heterocycles. The van der Waals surface area contributed by atoms with Gasteiger partial charge in [-0.25, -0.2) is 9.69 Å². The second-order valence-electron chi connectivity index (χ2n) is 6.31. The van der Waals surface area contributed by atoms with Crippen molar-refractivity contribution in [2.45, 2.75) is 38.6 Å². The minimum absolute atomic E-state index is 0.00775. The van der Waals surface area contributed by atoms with E-state index in [1.807, 2.05) is 12.1 Å². The molecule has 1 aromatic rings. The third-order valence-electron chi connectivity index (χ3n) is 4.15. The lowest BCUT2D eigenvalue weighted by Gasteiger charge is -2.14. The summed E-state index contributed by atoms with van der Waals surface area (Å²) in [5, 5.41) is 4.98. The van der Waals surface area contributed by atoms with E-state index in [1.165, 1.54) is 7.11 Å². The van der Waals surface area contributed by atoms with Crippen molar-refractivity contribution in [1.29, 1.82) is 0 Å². The van der Waals surface area contributed by atoms with Crippen molar-refractivity contribution < 1.29 is 23.9 Å². The Hall–Kier alpha value is -2.90. The van der Waals surface area contributed by atoms with E-state index in [9.17, 15) is 19.2 Å². The molecule has 140 valence electrons. The lowest BCUT2D eigenvalue weighted by atomic mass is 10.0. The maximum absolute atomic E-state index is 12.5. The van der Waals surface area contributed by atoms with Crippen LogP contribution >= 0.6 is 0 Å². The number of hydrogen-bond acceptors (Lipinski definition) is 5. The molecular formula is C18H23N3O5. The van der Waals surface area contributed by atoms with Gasteiger partial charge in [-0.3, -0.25) is 14.4 Å². The standard InChI is InChI=1S/C18H23N3O5/c1-11(2)12-4-6-13(7-5-12)21-17(24)14(20-18(21)25)8-9-15(22)19-10-16(23)26-3/h4-7,11,14H,8-10H2,1-3H3,(H,19,22)(H,20,25). The summed E-state index contributed by atoms with van der Waals surface area (Å²) >= 11 is 0. The van der Waals surface area contributed by atoms with E-state index in [2.05, 4.69) is 29.2 Å². The highest BCUT2D eigenvalue weighted by molar-refractivity contribution is 6.21. The summed E-state index contributed by atoms with van der Waals surface area (Å²) in [6, 6.07) is 5.96. The molecule has 1 aliphatic rings. The van der Waals surface area contributed by atoms with Gasteiger partial charge in [-0.05, 0) is 30.0 Å². The van der Waals surface area contributed by atoms with E-state index >= 15 is 0 Å². The fourth-order valence-corrected chi connectivity index (χ4v) is 2.59. The van der Waals surface area contributed by atoms with E-state index in [4.69, 9.17) is 0 Å². The maximum Gasteiger partial charge on any atom is 0.329 e. The average Bonchev–Trinajstić information content (AvgIpc) is 2.91. The van der Waals surface area contributed by atoms with Crippen LogP contribution < -0.4 is 15.5 Å². The summed E-state index contributed by atoms with van der Waals surface area (Å²) in [5.41, 5.74) is 1.61. The molecule has 1 aliphatic heterocycles. The van der Waals surface area contributed by atoms with Crippen LogP contribution in [0.5, 0.6) is 0 Å². The van der Waals surface area contributed by atoms with E-state index < -0.39 is 29.9 Å². The number of urea groups is 1. The SMILES string of the molecule is COC(=O)CNC(=O)CCC1NC(=O)N(c2ccc(C(C)C)cc2)C1=O. The first-order chi connectivity index (χ1) is 12.3.